The minimum atomic E-state index is -1.04. The summed E-state index contributed by atoms with van der Waals surface area (Å²) in [7, 11) is -1.04. The van der Waals surface area contributed by atoms with Gasteiger partial charge in [-0.05, 0) is 39.2 Å². The molecule has 7 heteroatoms. The van der Waals surface area contributed by atoms with Crippen molar-refractivity contribution in [2.45, 2.75) is 57.6 Å². The highest BCUT2D eigenvalue weighted by atomic mass is 32.2. The normalized spacial score (nSPS) is 16.3. The first-order valence-corrected chi connectivity index (χ1v) is 9.62. The summed E-state index contributed by atoms with van der Waals surface area (Å²) in [4.78, 5) is 15.7. The molecule has 2 N–H and O–H groups in total. The van der Waals surface area contributed by atoms with Crippen LogP contribution in [0.3, 0.4) is 0 Å². The summed E-state index contributed by atoms with van der Waals surface area (Å²) in [5.41, 5.74) is 6.64. The van der Waals surface area contributed by atoms with E-state index in [9.17, 15) is 9.00 Å². The molecule has 0 saturated carbocycles. The zero-order valence-corrected chi connectivity index (χ0v) is 15.2. The Morgan fingerprint density at radius 2 is 2.14 bits per heavy atom. The number of nitrogens with zero attached hydrogens (tertiary/aromatic N) is 1. The van der Waals surface area contributed by atoms with Gasteiger partial charge in [-0.2, -0.15) is 0 Å². The number of hydrogen-bond donors (Lipinski definition) is 1. The number of nitrogens with two attached hydrogens (primary N) is 1. The molecule has 0 bridgehead atoms. The third-order valence-electron chi connectivity index (χ3n) is 3.30. The Morgan fingerprint density at radius 3 is 2.73 bits per heavy atom. The van der Waals surface area contributed by atoms with Crippen molar-refractivity contribution in [1.29, 1.82) is 0 Å². The Kier molecular flexibility index (Phi) is 5.17. The molecule has 0 aromatic carbocycles. The summed E-state index contributed by atoms with van der Waals surface area (Å²) in [6, 6.07) is 0. The summed E-state index contributed by atoms with van der Waals surface area (Å²) < 4.78 is 17.7. The Hall–Kier alpha value is -1.08. The Labute approximate surface area is 138 Å². The second-order valence-electron chi connectivity index (χ2n) is 6.40. The predicted molar refractivity (Wildman–Crippen MR) is 90.6 cm³/mol. The van der Waals surface area contributed by atoms with E-state index in [0.717, 1.165) is 21.8 Å². The smallest absolute Gasteiger partial charge is 0.410 e. The molecule has 2 heterocycles. The monoisotopic (exact) mass is 344 g/mol. The average molecular weight is 345 g/mol. The van der Waals surface area contributed by atoms with Crippen molar-refractivity contribution in [2.75, 3.05) is 18.0 Å². The highest BCUT2D eigenvalue weighted by Crippen LogP contribution is 2.37. The number of fused-ring (bicyclic) bond motifs is 1. The van der Waals surface area contributed by atoms with Crippen LogP contribution < -0.4 is 5.73 Å². The van der Waals surface area contributed by atoms with Gasteiger partial charge in [0.2, 0.25) is 0 Å². The number of amides is 1. The second-order valence-corrected chi connectivity index (χ2v) is 9.04. The van der Waals surface area contributed by atoms with E-state index >= 15 is 0 Å². The van der Waals surface area contributed by atoms with E-state index in [0.29, 0.717) is 30.3 Å². The van der Waals surface area contributed by atoms with Crippen molar-refractivity contribution in [3.05, 3.63) is 10.4 Å². The quantitative estimate of drug-likeness (QED) is 0.914. The fraction of sp³-hybridized carbons (Fsp3) is 0.667. The second kappa shape index (κ2) is 6.58. The first-order valence-electron chi connectivity index (χ1n) is 7.49. The molecular weight excluding hydrogens is 320 g/mol. The fourth-order valence-corrected chi connectivity index (χ4v) is 5.21. The molecule has 1 unspecified atom stereocenters. The Balaban J connectivity index is 2.17. The van der Waals surface area contributed by atoms with Crippen LogP contribution in [0, 0.1) is 0 Å². The van der Waals surface area contributed by atoms with Crippen molar-refractivity contribution < 1.29 is 13.7 Å². The minimum Gasteiger partial charge on any atom is -0.444 e. The van der Waals surface area contributed by atoms with Gasteiger partial charge in [-0.25, -0.2) is 4.79 Å². The maximum absolute atomic E-state index is 12.3. The average Bonchev–Trinajstić information content (AvgIpc) is 2.71. The molecule has 1 aliphatic heterocycles. The van der Waals surface area contributed by atoms with Crippen LogP contribution in [-0.4, -0.2) is 33.1 Å². The maximum Gasteiger partial charge on any atom is 0.410 e. The summed E-state index contributed by atoms with van der Waals surface area (Å²) in [5, 5.41) is 0.628. The number of ether oxygens (including phenoxy) is 1. The van der Waals surface area contributed by atoms with E-state index in [4.69, 9.17) is 10.5 Å². The molecule has 0 radical (unpaired) electrons. The zero-order valence-electron chi connectivity index (χ0n) is 13.6. The lowest BCUT2D eigenvalue weighted by atomic mass is 10.1. The number of thiophene rings is 1. The van der Waals surface area contributed by atoms with Gasteiger partial charge >= 0.3 is 6.09 Å². The molecule has 1 aliphatic rings. The number of hydrogen-bond acceptors (Lipinski definition) is 5. The fourth-order valence-electron chi connectivity index (χ4n) is 2.42. The molecule has 0 saturated heterocycles. The number of anilines is 1. The van der Waals surface area contributed by atoms with Crippen molar-refractivity contribution in [3.8, 4) is 0 Å². The van der Waals surface area contributed by atoms with E-state index in [1.165, 1.54) is 11.3 Å². The highest BCUT2D eigenvalue weighted by Gasteiger charge is 2.30. The largest absolute Gasteiger partial charge is 0.444 e. The van der Waals surface area contributed by atoms with E-state index in [2.05, 4.69) is 0 Å². The molecule has 1 aromatic heterocycles. The van der Waals surface area contributed by atoms with E-state index in [-0.39, 0.29) is 6.09 Å². The summed E-state index contributed by atoms with van der Waals surface area (Å²) >= 11 is 1.45. The van der Waals surface area contributed by atoms with Crippen LogP contribution >= 0.6 is 11.3 Å². The van der Waals surface area contributed by atoms with Gasteiger partial charge in [-0.15, -0.1) is 11.3 Å². The lowest BCUT2D eigenvalue weighted by molar-refractivity contribution is 0.0226. The molecular formula is C15H24N2O3S2. The molecule has 0 aliphatic carbocycles. The van der Waals surface area contributed by atoms with E-state index in [1.54, 1.807) is 4.90 Å². The van der Waals surface area contributed by atoms with Crippen LogP contribution in [0.1, 0.15) is 44.6 Å². The molecule has 124 valence electrons. The van der Waals surface area contributed by atoms with Crippen molar-refractivity contribution >= 4 is 33.2 Å². The summed E-state index contributed by atoms with van der Waals surface area (Å²) in [5.74, 6) is 0.628. The SMILES string of the molecule is CCCS(=O)c1c(N)sc2c1CCN(C(=O)OC(C)(C)C)C2. The third kappa shape index (κ3) is 3.81. The van der Waals surface area contributed by atoms with Gasteiger partial charge in [0.15, 0.2) is 0 Å². The first kappa shape index (κ1) is 17.3. The lowest BCUT2D eigenvalue weighted by Gasteiger charge is -2.30. The van der Waals surface area contributed by atoms with Crippen LogP contribution in [0.5, 0.6) is 0 Å². The molecule has 22 heavy (non-hydrogen) atoms. The van der Waals surface area contributed by atoms with Gasteiger partial charge < -0.3 is 15.4 Å². The van der Waals surface area contributed by atoms with Gasteiger partial charge in [0.25, 0.3) is 0 Å². The predicted octanol–water partition coefficient (Wildman–Crippen LogP) is 3.14. The van der Waals surface area contributed by atoms with E-state index in [1.807, 2.05) is 27.7 Å². The van der Waals surface area contributed by atoms with Crippen LogP contribution in [0.15, 0.2) is 4.90 Å². The summed E-state index contributed by atoms with van der Waals surface area (Å²) in [6.07, 6.45) is 1.25. The van der Waals surface area contributed by atoms with Crippen LogP contribution in [0.4, 0.5) is 9.80 Å². The number of carbonyl (C=O) groups is 1. The van der Waals surface area contributed by atoms with E-state index < -0.39 is 16.4 Å². The standard InChI is InChI=1S/C15H24N2O3S2/c1-5-8-22(19)12-10-6-7-17(9-11(10)21-13(12)16)14(18)20-15(2,3)4/h5-9,16H2,1-4H3. The van der Waals surface area contributed by atoms with Gasteiger partial charge in [0.1, 0.15) is 10.6 Å². The molecule has 0 spiro atoms. The lowest BCUT2D eigenvalue weighted by Crippen LogP contribution is -2.39. The van der Waals surface area contributed by atoms with Crippen molar-refractivity contribution in [1.82, 2.24) is 4.90 Å². The van der Waals surface area contributed by atoms with Gasteiger partial charge in [0.05, 0.1) is 22.2 Å². The summed E-state index contributed by atoms with van der Waals surface area (Å²) in [6.45, 7) is 8.65. The highest BCUT2D eigenvalue weighted by molar-refractivity contribution is 7.85. The molecule has 5 nitrogen and oxygen atoms in total. The van der Waals surface area contributed by atoms with Crippen molar-refractivity contribution in [3.63, 3.8) is 0 Å². The van der Waals surface area contributed by atoms with Crippen molar-refractivity contribution in [2.24, 2.45) is 0 Å². The topological polar surface area (TPSA) is 72.6 Å². The van der Waals surface area contributed by atoms with Crippen LogP contribution in [0.25, 0.3) is 0 Å². The van der Waals surface area contributed by atoms with Gasteiger partial charge in [-0.1, -0.05) is 6.92 Å². The van der Waals surface area contributed by atoms with Gasteiger partial charge in [-0.3, -0.25) is 4.21 Å². The van der Waals surface area contributed by atoms with Crippen LogP contribution in [-0.2, 0) is 28.5 Å². The molecule has 0 fully saturated rings. The molecule has 1 atom stereocenters. The maximum atomic E-state index is 12.3. The third-order valence-corrected chi connectivity index (χ3v) is 6.18. The molecule has 1 aromatic rings. The molecule has 1 amide bonds. The number of rotatable bonds is 3. The van der Waals surface area contributed by atoms with Crippen LogP contribution in [0.2, 0.25) is 0 Å². The zero-order chi connectivity index (χ0) is 16.5. The van der Waals surface area contributed by atoms with Gasteiger partial charge in [0, 0.05) is 17.2 Å². The number of nitrogen functional groups attached to an aromatic ring is 1. The Bertz CT molecular complexity index is 590. The molecule has 2 rings (SSSR count). The minimum absolute atomic E-state index is 0.304. The number of carbonyl (C=O) groups excluding carboxylic acids is 1. The first-order chi connectivity index (χ1) is 10.2. The Morgan fingerprint density at radius 1 is 1.45 bits per heavy atom.